The van der Waals surface area contributed by atoms with Gasteiger partial charge in [-0.2, -0.15) is 0 Å². The Morgan fingerprint density at radius 2 is 1.93 bits per heavy atom. The summed E-state index contributed by atoms with van der Waals surface area (Å²) < 4.78 is 0. The molecule has 0 spiro atoms. The van der Waals surface area contributed by atoms with Crippen LogP contribution >= 0.6 is 0 Å². The molecule has 0 radical (unpaired) electrons. The van der Waals surface area contributed by atoms with Gasteiger partial charge in [-0.3, -0.25) is 4.79 Å². The topological polar surface area (TPSA) is 52.6 Å². The second-order valence-electron chi connectivity index (χ2n) is 3.59. The molecule has 0 heterocycles. The molecule has 0 aromatic heterocycles. The van der Waals surface area contributed by atoms with Gasteiger partial charge in [0.05, 0.1) is 12.6 Å². The van der Waals surface area contributed by atoms with Crippen molar-refractivity contribution in [3.05, 3.63) is 0 Å². The van der Waals surface area contributed by atoms with Crippen molar-refractivity contribution in [3.8, 4) is 0 Å². The lowest BCUT2D eigenvalue weighted by Gasteiger charge is -2.19. The summed E-state index contributed by atoms with van der Waals surface area (Å²) in [4.78, 5) is 13.3. The molecule has 0 aromatic carbocycles. The molecule has 90 valence electrons. The van der Waals surface area contributed by atoms with E-state index in [9.17, 15) is 9.90 Å². The summed E-state index contributed by atoms with van der Waals surface area (Å²) in [6.45, 7) is 8.49. The molecule has 15 heavy (non-hydrogen) atoms. The summed E-state index contributed by atoms with van der Waals surface area (Å²) in [6, 6.07) is 0. The lowest BCUT2D eigenvalue weighted by molar-refractivity contribution is -0.129. The number of hydrogen-bond acceptors (Lipinski definition) is 3. The number of nitrogens with zero attached hydrogens (tertiary/aromatic N) is 1. The maximum atomic E-state index is 11.5. The van der Waals surface area contributed by atoms with Crippen LogP contribution in [0.2, 0.25) is 0 Å². The van der Waals surface area contributed by atoms with Crippen molar-refractivity contribution < 1.29 is 9.90 Å². The Hall–Kier alpha value is -0.610. The van der Waals surface area contributed by atoms with Gasteiger partial charge in [-0.15, -0.1) is 0 Å². The van der Waals surface area contributed by atoms with Crippen LogP contribution < -0.4 is 5.32 Å². The van der Waals surface area contributed by atoms with E-state index in [-0.39, 0.29) is 12.0 Å². The largest absolute Gasteiger partial charge is 0.393 e. The first-order chi connectivity index (χ1) is 7.15. The number of rotatable bonds is 8. The highest BCUT2D eigenvalue weighted by Crippen LogP contribution is 1.94. The van der Waals surface area contributed by atoms with Gasteiger partial charge < -0.3 is 15.3 Å². The summed E-state index contributed by atoms with van der Waals surface area (Å²) in [5.74, 6) is 0.131. The maximum absolute atomic E-state index is 11.5. The summed E-state index contributed by atoms with van der Waals surface area (Å²) in [5.41, 5.74) is 0. The number of nitrogens with one attached hydrogen (secondary N) is 1. The van der Waals surface area contributed by atoms with Crippen molar-refractivity contribution in [2.75, 3.05) is 26.2 Å². The molecule has 0 fully saturated rings. The van der Waals surface area contributed by atoms with Crippen LogP contribution in [0.4, 0.5) is 0 Å². The minimum absolute atomic E-state index is 0.131. The highest BCUT2D eigenvalue weighted by molar-refractivity contribution is 5.78. The average Bonchev–Trinajstić information content (AvgIpc) is 2.25. The van der Waals surface area contributed by atoms with Crippen molar-refractivity contribution in [1.82, 2.24) is 10.2 Å². The van der Waals surface area contributed by atoms with Crippen LogP contribution in [0.15, 0.2) is 0 Å². The third kappa shape index (κ3) is 6.47. The van der Waals surface area contributed by atoms with E-state index in [2.05, 4.69) is 5.32 Å². The number of aliphatic hydroxyl groups is 1. The zero-order valence-corrected chi connectivity index (χ0v) is 10.1. The molecule has 2 N–H and O–H groups in total. The monoisotopic (exact) mass is 216 g/mol. The molecule has 0 rings (SSSR count). The van der Waals surface area contributed by atoms with Gasteiger partial charge >= 0.3 is 0 Å². The molecule has 1 atom stereocenters. The lowest BCUT2D eigenvalue weighted by atomic mass is 10.2. The molecule has 0 aromatic rings. The maximum Gasteiger partial charge on any atom is 0.236 e. The molecule has 0 saturated carbocycles. The molecule has 1 amide bonds. The van der Waals surface area contributed by atoms with E-state index in [4.69, 9.17) is 0 Å². The van der Waals surface area contributed by atoms with Crippen molar-refractivity contribution in [1.29, 1.82) is 0 Å². The number of aliphatic hydroxyl groups excluding tert-OH is 1. The van der Waals surface area contributed by atoms with Gasteiger partial charge in [0.15, 0.2) is 0 Å². The van der Waals surface area contributed by atoms with Crippen molar-refractivity contribution in [2.45, 2.75) is 39.7 Å². The molecule has 1 unspecified atom stereocenters. The number of carbonyl (C=O) groups excluding carboxylic acids is 1. The van der Waals surface area contributed by atoms with Crippen LogP contribution in [-0.4, -0.2) is 48.2 Å². The fourth-order valence-corrected chi connectivity index (χ4v) is 1.36. The first-order valence-corrected chi connectivity index (χ1v) is 5.82. The molecule has 4 heteroatoms. The van der Waals surface area contributed by atoms with Gasteiger partial charge in [0.1, 0.15) is 0 Å². The third-order valence-electron chi connectivity index (χ3n) is 2.52. The molecule has 0 bridgehead atoms. The van der Waals surface area contributed by atoms with Gasteiger partial charge in [-0.05, 0) is 33.2 Å². The number of amides is 1. The Bertz CT molecular complexity index is 170. The average molecular weight is 216 g/mol. The van der Waals surface area contributed by atoms with E-state index in [1.54, 1.807) is 4.90 Å². The summed E-state index contributed by atoms with van der Waals surface area (Å²) in [7, 11) is 0. The third-order valence-corrected chi connectivity index (χ3v) is 2.52. The van der Waals surface area contributed by atoms with Crippen LogP contribution in [0.3, 0.4) is 0 Å². The summed E-state index contributed by atoms with van der Waals surface area (Å²) in [6.07, 6.45) is 1.23. The molecular formula is C11H24N2O2. The number of carbonyl (C=O) groups is 1. The van der Waals surface area contributed by atoms with E-state index in [1.165, 1.54) is 0 Å². The van der Waals surface area contributed by atoms with Gasteiger partial charge in [0, 0.05) is 13.1 Å². The molecule has 0 aliphatic rings. The lowest BCUT2D eigenvalue weighted by Crippen LogP contribution is -2.38. The second kappa shape index (κ2) is 8.68. The molecule has 0 aliphatic carbocycles. The predicted octanol–water partition coefficient (Wildman–Crippen LogP) is 0.605. The molecule has 4 nitrogen and oxygen atoms in total. The highest BCUT2D eigenvalue weighted by atomic mass is 16.3. The minimum Gasteiger partial charge on any atom is -0.393 e. The Labute approximate surface area is 92.7 Å². The SMILES string of the molecule is CCC(O)CCNCC(=O)N(CC)CC. The highest BCUT2D eigenvalue weighted by Gasteiger charge is 2.08. The van der Waals surface area contributed by atoms with E-state index >= 15 is 0 Å². The van der Waals surface area contributed by atoms with Gasteiger partial charge in [-0.1, -0.05) is 6.92 Å². The van der Waals surface area contributed by atoms with Crippen LogP contribution in [0, 0.1) is 0 Å². The molecule has 0 aliphatic heterocycles. The number of hydrogen-bond donors (Lipinski definition) is 2. The van der Waals surface area contributed by atoms with E-state index in [0.717, 1.165) is 19.5 Å². The van der Waals surface area contributed by atoms with Crippen molar-refractivity contribution >= 4 is 5.91 Å². The zero-order chi connectivity index (χ0) is 11.7. The van der Waals surface area contributed by atoms with Crippen LogP contribution in [0.5, 0.6) is 0 Å². The van der Waals surface area contributed by atoms with Crippen LogP contribution in [-0.2, 0) is 4.79 Å². The minimum atomic E-state index is -0.249. The van der Waals surface area contributed by atoms with Gasteiger partial charge in [0.2, 0.25) is 5.91 Å². The van der Waals surface area contributed by atoms with Crippen molar-refractivity contribution in [2.24, 2.45) is 0 Å². The Morgan fingerprint density at radius 1 is 1.33 bits per heavy atom. The van der Waals surface area contributed by atoms with Crippen LogP contribution in [0.1, 0.15) is 33.6 Å². The second-order valence-corrected chi connectivity index (χ2v) is 3.59. The van der Waals surface area contributed by atoms with E-state index < -0.39 is 0 Å². The quantitative estimate of drug-likeness (QED) is 0.584. The standard InChI is InChI=1S/C11H24N2O2/c1-4-10(14)7-8-12-9-11(15)13(5-2)6-3/h10,12,14H,4-9H2,1-3H3. The van der Waals surface area contributed by atoms with Crippen LogP contribution in [0.25, 0.3) is 0 Å². The normalized spacial score (nSPS) is 12.5. The fraction of sp³-hybridized carbons (Fsp3) is 0.909. The number of likely N-dealkylation sites (N-methyl/N-ethyl adjacent to an activating group) is 1. The Morgan fingerprint density at radius 3 is 2.40 bits per heavy atom. The predicted molar refractivity (Wildman–Crippen MR) is 61.7 cm³/mol. The smallest absolute Gasteiger partial charge is 0.236 e. The molecular weight excluding hydrogens is 192 g/mol. The van der Waals surface area contributed by atoms with Gasteiger partial charge in [-0.25, -0.2) is 0 Å². The Kier molecular flexibility index (Phi) is 8.33. The molecule has 0 saturated heterocycles. The fourth-order valence-electron chi connectivity index (χ4n) is 1.36. The van der Waals surface area contributed by atoms with Gasteiger partial charge in [0.25, 0.3) is 0 Å². The van der Waals surface area contributed by atoms with Crippen molar-refractivity contribution in [3.63, 3.8) is 0 Å². The first-order valence-electron chi connectivity index (χ1n) is 5.82. The Balaban J connectivity index is 3.54. The first kappa shape index (κ1) is 14.4. The van der Waals surface area contributed by atoms with E-state index in [1.807, 2.05) is 20.8 Å². The van der Waals surface area contributed by atoms with E-state index in [0.29, 0.717) is 19.5 Å². The summed E-state index contributed by atoms with van der Waals surface area (Å²) >= 11 is 0. The summed E-state index contributed by atoms with van der Waals surface area (Å²) in [5, 5.41) is 12.3. The zero-order valence-electron chi connectivity index (χ0n) is 10.1.